The fourth-order valence-corrected chi connectivity index (χ4v) is 2.09. The van der Waals surface area contributed by atoms with Gasteiger partial charge in [-0.25, -0.2) is 9.59 Å². The lowest BCUT2D eigenvalue weighted by molar-refractivity contribution is -0.141. The second kappa shape index (κ2) is 6.40. The molecule has 0 bridgehead atoms. The number of carbonyl (C=O) groups is 3. The van der Waals surface area contributed by atoms with Gasteiger partial charge in [0, 0.05) is 13.1 Å². The van der Waals surface area contributed by atoms with Crippen molar-refractivity contribution in [2.75, 3.05) is 13.1 Å². The molecule has 0 aromatic heterocycles. The van der Waals surface area contributed by atoms with Gasteiger partial charge in [0.1, 0.15) is 6.04 Å². The van der Waals surface area contributed by atoms with Crippen LogP contribution in [0.4, 0.5) is 4.79 Å². The van der Waals surface area contributed by atoms with E-state index in [9.17, 15) is 14.4 Å². The Hall–Kier alpha value is -1.79. The summed E-state index contributed by atoms with van der Waals surface area (Å²) in [5, 5.41) is 11.3. The molecule has 0 aromatic rings. The number of amides is 3. The Morgan fingerprint density at radius 2 is 2.00 bits per heavy atom. The van der Waals surface area contributed by atoms with Crippen LogP contribution in [0.2, 0.25) is 0 Å². The minimum atomic E-state index is -1.26. The van der Waals surface area contributed by atoms with E-state index in [0.717, 1.165) is 6.42 Å². The van der Waals surface area contributed by atoms with Crippen LogP contribution in [0, 0.1) is 11.8 Å². The number of likely N-dealkylation sites (tertiary alicyclic amines) is 1. The first-order valence-electron chi connectivity index (χ1n) is 6.37. The summed E-state index contributed by atoms with van der Waals surface area (Å²) >= 11 is 0. The van der Waals surface area contributed by atoms with Gasteiger partial charge in [0.25, 0.3) is 0 Å². The Bertz CT molecular complexity index is 372. The number of piperidine rings is 1. The zero-order valence-corrected chi connectivity index (χ0v) is 11.3. The lowest BCUT2D eigenvalue weighted by Crippen LogP contribution is -2.52. The van der Waals surface area contributed by atoms with Crippen molar-refractivity contribution in [3.05, 3.63) is 0 Å². The summed E-state index contributed by atoms with van der Waals surface area (Å²) in [5.74, 6) is -1.09. The zero-order chi connectivity index (χ0) is 14.6. The van der Waals surface area contributed by atoms with E-state index >= 15 is 0 Å². The fourth-order valence-electron chi connectivity index (χ4n) is 2.09. The molecule has 1 heterocycles. The maximum absolute atomic E-state index is 11.9. The van der Waals surface area contributed by atoms with E-state index in [0.29, 0.717) is 24.9 Å². The number of urea groups is 1. The fraction of sp³-hybridized carbons (Fsp3) is 0.750. The number of primary amides is 1. The predicted molar refractivity (Wildman–Crippen MR) is 68.3 cm³/mol. The van der Waals surface area contributed by atoms with Gasteiger partial charge in [-0.15, -0.1) is 0 Å². The van der Waals surface area contributed by atoms with E-state index in [1.807, 2.05) is 0 Å². The average Bonchev–Trinajstić information content (AvgIpc) is 2.31. The summed E-state index contributed by atoms with van der Waals surface area (Å²) in [6.07, 6.45) is 0.489. The van der Waals surface area contributed by atoms with E-state index in [2.05, 4.69) is 19.2 Å². The lowest BCUT2D eigenvalue weighted by atomic mass is 9.89. The molecule has 0 spiro atoms. The van der Waals surface area contributed by atoms with Crippen molar-refractivity contribution in [3.8, 4) is 0 Å². The molecule has 1 aliphatic heterocycles. The molecule has 2 unspecified atom stereocenters. The Morgan fingerprint density at radius 3 is 2.47 bits per heavy atom. The molecule has 19 heavy (non-hydrogen) atoms. The highest BCUT2D eigenvalue weighted by Gasteiger charge is 2.29. The smallest absolute Gasteiger partial charge is 0.326 e. The van der Waals surface area contributed by atoms with Crippen molar-refractivity contribution in [2.45, 2.75) is 32.7 Å². The van der Waals surface area contributed by atoms with Gasteiger partial charge >= 0.3 is 12.0 Å². The molecule has 3 atom stereocenters. The molecule has 1 saturated heterocycles. The van der Waals surface area contributed by atoms with Crippen LogP contribution in [0.15, 0.2) is 0 Å². The summed E-state index contributed by atoms with van der Waals surface area (Å²) < 4.78 is 0. The van der Waals surface area contributed by atoms with E-state index in [1.54, 1.807) is 4.90 Å². The summed E-state index contributed by atoms with van der Waals surface area (Å²) in [7, 11) is 0. The highest BCUT2D eigenvalue weighted by molar-refractivity contribution is 5.87. The number of carbonyl (C=O) groups excluding carboxylic acids is 2. The number of aliphatic carboxylic acids is 1. The second-order valence-corrected chi connectivity index (χ2v) is 5.20. The first-order chi connectivity index (χ1) is 8.81. The number of hydrogen-bond donors (Lipinski definition) is 3. The van der Waals surface area contributed by atoms with Crippen LogP contribution < -0.4 is 11.1 Å². The van der Waals surface area contributed by atoms with Crippen LogP contribution in [-0.4, -0.2) is 47.0 Å². The van der Waals surface area contributed by atoms with E-state index in [-0.39, 0.29) is 0 Å². The number of hydrogen-bond acceptors (Lipinski definition) is 3. The molecule has 108 valence electrons. The van der Waals surface area contributed by atoms with Gasteiger partial charge in [0.2, 0.25) is 5.91 Å². The molecule has 0 aliphatic carbocycles. The summed E-state index contributed by atoms with van der Waals surface area (Å²) in [5.41, 5.74) is 4.96. The Labute approximate surface area is 112 Å². The largest absolute Gasteiger partial charge is 0.480 e. The van der Waals surface area contributed by atoms with Crippen LogP contribution in [0.5, 0.6) is 0 Å². The van der Waals surface area contributed by atoms with Crippen LogP contribution >= 0.6 is 0 Å². The maximum Gasteiger partial charge on any atom is 0.326 e. The highest BCUT2D eigenvalue weighted by Crippen LogP contribution is 2.22. The highest BCUT2D eigenvalue weighted by atomic mass is 16.4. The van der Waals surface area contributed by atoms with Crippen LogP contribution in [0.3, 0.4) is 0 Å². The number of carboxylic acid groups (broad SMARTS) is 1. The molecule has 0 radical (unpaired) electrons. The molecule has 7 nitrogen and oxygen atoms in total. The summed E-state index contributed by atoms with van der Waals surface area (Å²) in [6.45, 7) is 5.38. The maximum atomic E-state index is 11.9. The standard InChI is InChI=1S/C12H21N3O4/c1-7-3-4-15(6-8(7)2)12(19)14-9(11(17)18)5-10(13)16/h7-9H,3-6H2,1-2H3,(H2,13,16)(H,14,19)(H,17,18)/t7?,8?,9-/m1/s1. The number of rotatable bonds is 4. The van der Waals surface area contributed by atoms with Crippen molar-refractivity contribution in [3.63, 3.8) is 0 Å². The number of nitrogens with one attached hydrogen (secondary N) is 1. The van der Waals surface area contributed by atoms with Crippen molar-refractivity contribution in [1.29, 1.82) is 0 Å². The molecular weight excluding hydrogens is 250 g/mol. The minimum Gasteiger partial charge on any atom is -0.480 e. The predicted octanol–water partition coefficient (Wildman–Crippen LogP) is 0.00250. The van der Waals surface area contributed by atoms with Crippen molar-refractivity contribution in [2.24, 2.45) is 17.6 Å². The van der Waals surface area contributed by atoms with Crippen molar-refractivity contribution >= 4 is 17.9 Å². The van der Waals surface area contributed by atoms with Gasteiger partial charge in [0.15, 0.2) is 0 Å². The Kier molecular flexibility index (Phi) is 5.14. The van der Waals surface area contributed by atoms with Gasteiger partial charge < -0.3 is 21.1 Å². The van der Waals surface area contributed by atoms with E-state index in [1.165, 1.54) is 0 Å². The van der Waals surface area contributed by atoms with E-state index < -0.39 is 30.4 Å². The van der Waals surface area contributed by atoms with Gasteiger partial charge in [0.05, 0.1) is 6.42 Å². The zero-order valence-electron chi connectivity index (χ0n) is 11.3. The van der Waals surface area contributed by atoms with Crippen LogP contribution in [0.25, 0.3) is 0 Å². The molecule has 3 amide bonds. The third kappa shape index (κ3) is 4.42. The quantitative estimate of drug-likeness (QED) is 0.668. The van der Waals surface area contributed by atoms with Crippen LogP contribution in [-0.2, 0) is 9.59 Å². The second-order valence-electron chi connectivity index (χ2n) is 5.20. The van der Waals surface area contributed by atoms with Gasteiger partial charge in [-0.1, -0.05) is 13.8 Å². The average molecular weight is 271 g/mol. The van der Waals surface area contributed by atoms with E-state index in [4.69, 9.17) is 10.8 Å². The van der Waals surface area contributed by atoms with Gasteiger partial charge in [-0.2, -0.15) is 0 Å². The lowest BCUT2D eigenvalue weighted by Gasteiger charge is -2.35. The molecule has 0 saturated carbocycles. The molecular formula is C12H21N3O4. The summed E-state index contributed by atoms with van der Waals surface area (Å²) in [4.78, 5) is 35.2. The monoisotopic (exact) mass is 271 g/mol. The summed E-state index contributed by atoms with van der Waals surface area (Å²) in [6, 6.07) is -1.72. The number of nitrogens with two attached hydrogens (primary N) is 1. The van der Waals surface area contributed by atoms with Crippen molar-refractivity contribution < 1.29 is 19.5 Å². The van der Waals surface area contributed by atoms with Gasteiger partial charge in [-0.3, -0.25) is 4.79 Å². The Balaban J connectivity index is 2.57. The normalized spacial score (nSPS) is 24.6. The molecule has 1 aliphatic rings. The van der Waals surface area contributed by atoms with Crippen LogP contribution in [0.1, 0.15) is 26.7 Å². The van der Waals surface area contributed by atoms with Crippen molar-refractivity contribution in [1.82, 2.24) is 10.2 Å². The first-order valence-corrected chi connectivity index (χ1v) is 6.37. The minimum absolute atomic E-state index is 0.374. The first kappa shape index (κ1) is 15.3. The van der Waals surface area contributed by atoms with Gasteiger partial charge in [-0.05, 0) is 18.3 Å². The molecule has 0 aromatic carbocycles. The third-order valence-electron chi connectivity index (χ3n) is 3.62. The number of nitrogens with zero attached hydrogens (tertiary/aromatic N) is 1. The number of carboxylic acids is 1. The Morgan fingerprint density at radius 1 is 1.37 bits per heavy atom. The molecule has 4 N–H and O–H groups in total. The third-order valence-corrected chi connectivity index (χ3v) is 3.62. The SMILES string of the molecule is CC1CCN(C(=O)N[C@H](CC(N)=O)C(=O)O)CC1C. The topological polar surface area (TPSA) is 113 Å². The molecule has 1 rings (SSSR count). The molecule has 1 fully saturated rings. The molecule has 7 heteroatoms.